The molecule has 0 radical (unpaired) electrons. The predicted molar refractivity (Wildman–Crippen MR) is 93.4 cm³/mol. The Balaban J connectivity index is 1.66. The monoisotopic (exact) mass is 325 g/mol. The highest BCUT2D eigenvalue weighted by molar-refractivity contribution is 5.68. The van der Waals surface area contributed by atoms with Crippen molar-refractivity contribution in [1.82, 2.24) is 5.32 Å². The minimum absolute atomic E-state index is 0.289. The Morgan fingerprint density at radius 1 is 1.25 bits per heavy atom. The van der Waals surface area contributed by atoms with Crippen molar-refractivity contribution in [2.45, 2.75) is 38.3 Å². The zero-order valence-electron chi connectivity index (χ0n) is 13.9. The fourth-order valence-corrected chi connectivity index (χ4v) is 3.38. The van der Waals surface area contributed by atoms with Gasteiger partial charge in [-0.25, -0.2) is 4.79 Å². The SMILES string of the molecule is C[C@H](NC1CCc2c(cccc2OCC(=O)O)C1)c1ccccc1. The molecule has 4 nitrogen and oxygen atoms in total. The number of carboxylic acids is 1. The van der Waals surface area contributed by atoms with E-state index in [9.17, 15) is 4.79 Å². The van der Waals surface area contributed by atoms with Crippen LogP contribution in [0.15, 0.2) is 48.5 Å². The van der Waals surface area contributed by atoms with Crippen LogP contribution < -0.4 is 10.1 Å². The second-order valence-electron chi connectivity index (χ2n) is 6.32. The lowest BCUT2D eigenvalue weighted by Crippen LogP contribution is -2.36. The number of rotatable bonds is 6. The van der Waals surface area contributed by atoms with E-state index >= 15 is 0 Å². The first kappa shape index (κ1) is 16.5. The number of nitrogens with one attached hydrogen (secondary N) is 1. The third-order valence-electron chi connectivity index (χ3n) is 4.58. The van der Waals surface area contributed by atoms with E-state index in [1.54, 1.807) is 0 Å². The van der Waals surface area contributed by atoms with Gasteiger partial charge in [-0.2, -0.15) is 0 Å². The Labute approximate surface area is 142 Å². The third-order valence-corrected chi connectivity index (χ3v) is 4.58. The van der Waals surface area contributed by atoms with Gasteiger partial charge in [0.1, 0.15) is 5.75 Å². The van der Waals surface area contributed by atoms with Crippen molar-refractivity contribution in [3.05, 3.63) is 65.2 Å². The molecule has 1 aliphatic carbocycles. The van der Waals surface area contributed by atoms with E-state index in [0.717, 1.165) is 24.8 Å². The molecule has 1 unspecified atom stereocenters. The first-order valence-corrected chi connectivity index (χ1v) is 8.40. The molecule has 0 aliphatic heterocycles. The van der Waals surface area contributed by atoms with Gasteiger partial charge in [0.2, 0.25) is 0 Å². The maximum absolute atomic E-state index is 10.7. The quantitative estimate of drug-likeness (QED) is 0.855. The number of benzene rings is 2. The summed E-state index contributed by atoms with van der Waals surface area (Å²) in [4.78, 5) is 10.7. The van der Waals surface area contributed by atoms with Crippen LogP contribution >= 0.6 is 0 Å². The smallest absolute Gasteiger partial charge is 0.341 e. The van der Waals surface area contributed by atoms with Crippen LogP contribution in [0, 0.1) is 0 Å². The maximum Gasteiger partial charge on any atom is 0.341 e. The van der Waals surface area contributed by atoms with E-state index in [1.165, 1.54) is 11.1 Å². The first-order chi connectivity index (χ1) is 11.6. The number of carboxylic acid groups (broad SMARTS) is 1. The van der Waals surface area contributed by atoms with Gasteiger partial charge >= 0.3 is 5.97 Å². The van der Waals surface area contributed by atoms with Gasteiger partial charge in [0.25, 0.3) is 0 Å². The molecule has 1 aliphatic rings. The molecule has 2 N–H and O–H groups in total. The summed E-state index contributed by atoms with van der Waals surface area (Å²) in [5, 5.41) is 12.5. The lowest BCUT2D eigenvalue weighted by molar-refractivity contribution is -0.139. The molecule has 2 aromatic carbocycles. The zero-order chi connectivity index (χ0) is 16.9. The second kappa shape index (κ2) is 7.49. The lowest BCUT2D eigenvalue weighted by Gasteiger charge is -2.29. The summed E-state index contributed by atoms with van der Waals surface area (Å²) >= 11 is 0. The van der Waals surface area contributed by atoms with Gasteiger partial charge in [-0.3, -0.25) is 0 Å². The van der Waals surface area contributed by atoms with E-state index in [-0.39, 0.29) is 6.61 Å². The molecule has 0 saturated heterocycles. The van der Waals surface area contributed by atoms with Crippen molar-refractivity contribution in [1.29, 1.82) is 0 Å². The van der Waals surface area contributed by atoms with Crippen molar-refractivity contribution < 1.29 is 14.6 Å². The molecule has 2 aromatic rings. The summed E-state index contributed by atoms with van der Waals surface area (Å²) in [6, 6.07) is 17.1. The maximum atomic E-state index is 10.7. The van der Waals surface area contributed by atoms with Crippen molar-refractivity contribution in [2.24, 2.45) is 0 Å². The molecule has 0 amide bonds. The second-order valence-corrected chi connectivity index (χ2v) is 6.32. The van der Waals surface area contributed by atoms with Crippen molar-refractivity contribution >= 4 is 5.97 Å². The molecule has 24 heavy (non-hydrogen) atoms. The third kappa shape index (κ3) is 3.95. The number of hydrogen-bond donors (Lipinski definition) is 2. The van der Waals surface area contributed by atoms with Crippen molar-refractivity contribution in [3.63, 3.8) is 0 Å². The Morgan fingerprint density at radius 3 is 2.79 bits per heavy atom. The fraction of sp³-hybridized carbons (Fsp3) is 0.350. The van der Waals surface area contributed by atoms with E-state index < -0.39 is 5.97 Å². The number of ether oxygens (including phenoxy) is 1. The summed E-state index contributed by atoms with van der Waals surface area (Å²) in [7, 11) is 0. The standard InChI is InChI=1S/C20H23NO3/c1-14(15-6-3-2-4-7-15)21-17-10-11-18-16(12-17)8-5-9-19(18)24-13-20(22)23/h2-9,14,17,21H,10-13H2,1H3,(H,22,23)/t14-,17?/m0/s1. The minimum atomic E-state index is -0.945. The van der Waals surface area contributed by atoms with Gasteiger partial charge in [0, 0.05) is 12.1 Å². The fourth-order valence-electron chi connectivity index (χ4n) is 3.38. The molecule has 0 fully saturated rings. The molecule has 0 bridgehead atoms. The Morgan fingerprint density at radius 2 is 2.04 bits per heavy atom. The van der Waals surface area contributed by atoms with Gasteiger partial charge in [-0.15, -0.1) is 0 Å². The van der Waals surface area contributed by atoms with Crippen molar-refractivity contribution in [3.8, 4) is 5.75 Å². The zero-order valence-corrected chi connectivity index (χ0v) is 13.9. The topological polar surface area (TPSA) is 58.6 Å². The molecule has 0 saturated carbocycles. The average molecular weight is 325 g/mol. The van der Waals surface area contributed by atoms with Crippen LogP contribution in [-0.2, 0) is 17.6 Å². The van der Waals surface area contributed by atoms with Crippen LogP contribution in [0.4, 0.5) is 0 Å². The lowest BCUT2D eigenvalue weighted by atomic mass is 9.87. The minimum Gasteiger partial charge on any atom is -0.482 e. The van der Waals surface area contributed by atoms with E-state index in [1.807, 2.05) is 18.2 Å². The molecule has 0 heterocycles. The molecule has 126 valence electrons. The van der Waals surface area contributed by atoms with E-state index in [2.05, 4.69) is 42.6 Å². The summed E-state index contributed by atoms with van der Waals surface area (Å²) in [6.45, 7) is 1.90. The molecule has 0 spiro atoms. The summed E-state index contributed by atoms with van der Waals surface area (Å²) < 4.78 is 5.43. The van der Waals surface area contributed by atoms with Crippen LogP contribution in [0.25, 0.3) is 0 Å². The summed E-state index contributed by atoms with van der Waals surface area (Å²) in [5.74, 6) is -0.232. The van der Waals surface area contributed by atoms with Crippen LogP contribution in [0.3, 0.4) is 0 Å². The molecule has 3 rings (SSSR count). The predicted octanol–water partition coefficient (Wildman–Crippen LogP) is 3.36. The summed E-state index contributed by atoms with van der Waals surface area (Å²) in [6.07, 6.45) is 2.87. The van der Waals surface area contributed by atoms with Crippen LogP contribution in [0.2, 0.25) is 0 Å². The van der Waals surface area contributed by atoms with Crippen LogP contribution in [0.1, 0.15) is 36.1 Å². The highest BCUT2D eigenvalue weighted by Crippen LogP contribution is 2.30. The highest BCUT2D eigenvalue weighted by Gasteiger charge is 2.23. The molecular weight excluding hydrogens is 302 g/mol. The van der Waals surface area contributed by atoms with Gasteiger partial charge < -0.3 is 15.2 Å². The highest BCUT2D eigenvalue weighted by atomic mass is 16.5. The number of aliphatic carboxylic acids is 1. The number of carbonyl (C=O) groups is 1. The molecular formula is C20H23NO3. The molecule has 0 aromatic heterocycles. The Hall–Kier alpha value is -2.33. The summed E-state index contributed by atoms with van der Waals surface area (Å²) in [5.41, 5.74) is 3.70. The molecule has 4 heteroatoms. The van der Waals surface area contributed by atoms with Gasteiger partial charge in [0.15, 0.2) is 6.61 Å². The van der Waals surface area contributed by atoms with Gasteiger partial charge in [0.05, 0.1) is 0 Å². The first-order valence-electron chi connectivity index (χ1n) is 8.40. The number of fused-ring (bicyclic) bond motifs is 1. The Bertz CT molecular complexity index is 699. The molecule has 2 atom stereocenters. The normalized spacial score (nSPS) is 17.8. The van der Waals surface area contributed by atoms with E-state index in [0.29, 0.717) is 17.8 Å². The number of hydrogen-bond acceptors (Lipinski definition) is 3. The van der Waals surface area contributed by atoms with E-state index in [4.69, 9.17) is 9.84 Å². The van der Waals surface area contributed by atoms with Crippen LogP contribution in [-0.4, -0.2) is 23.7 Å². The largest absolute Gasteiger partial charge is 0.482 e. The van der Waals surface area contributed by atoms with Crippen LogP contribution in [0.5, 0.6) is 5.75 Å². The van der Waals surface area contributed by atoms with Gasteiger partial charge in [-0.05, 0) is 48.9 Å². The van der Waals surface area contributed by atoms with Gasteiger partial charge in [-0.1, -0.05) is 42.5 Å². The average Bonchev–Trinajstić information content (AvgIpc) is 2.60. The Kier molecular flexibility index (Phi) is 5.16. The van der Waals surface area contributed by atoms with Crippen molar-refractivity contribution in [2.75, 3.05) is 6.61 Å².